The summed E-state index contributed by atoms with van der Waals surface area (Å²) in [6, 6.07) is 4.04. The summed E-state index contributed by atoms with van der Waals surface area (Å²) in [7, 11) is 0. The van der Waals surface area contributed by atoms with E-state index in [-0.39, 0.29) is 12.6 Å². The number of aromatic nitrogens is 1. The van der Waals surface area contributed by atoms with Crippen molar-refractivity contribution in [2.24, 2.45) is 0 Å². The fourth-order valence-corrected chi connectivity index (χ4v) is 2.00. The molecule has 4 nitrogen and oxygen atoms in total. The van der Waals surface area contributed by atoms with E-state index in [1.54, 1.807) is 6.20 Å². The fourth-order valence-electron chi connectivity index (χ4n) is 2.00. The van der Waals surface area contributed by atoms with Crippen LogP contribution in [0.3, 0.4) is 0 Å². The Morgan fingerprint density at radius 3 is 2.87 bits per heavy atom. The van der Waals surface area contributed by atoms with Gasteiger partial charge in [-0.05, 0) is 11.6 Å². The van der Waals surface area contributed by atoms with Crippen LogP contribution in [0.5, 0.6) is 0 Å². The number of nitrogens with one attached hydrogen (secondary N) is 1. The molecule has 0 radical (unpaired) electrons. The van der Waals surface area contributed by atoms with Crippen LogP contribution in [-0.4, -0.2) is 47.8 Å². The van der Waals surface area contributed by atoms with Crippen LogP contribution in [0.15, 0.2) is 24.5 Å². The first-order chi connectivity index (χ1) is 7.42. The smallest absolute Gasteiger partial charge is 0.0629 e. The summed E-state index contributed by atoms with van der Waals surface area (Å²) in [6.07, 6.45) is 3.60. The van der Waals surface area contributed by atoms with Gasteiger partial charge in [-0.25, -0.2) is 0 Å². The molecule has 2 N–H and O–H groups in total. The van der Waals surface area contributed by atoms with Gasteiger partial charge in [0.05, 0.1) is 12.6 Å². The first-order valence-corrected chi connectivity index (χ1v) is 5.37. The third kappa shape index (κ3) is 2.53. The number of hydrogen-bond acceptors (Lipinski definition) is 4. The van der Waals surface area contributed by atoms with Gasteiger partial charge in [0.25, 0.3) is 0 Å². The monoisotopic (exact) mass is 207 g/mol. The first kappa shape index (κ1) is 10.5. The second kappa shape index (κ2) is 5.21. The summed E-state index contributed by atoms with van der Waals surface area (Å²) in [5, 5.41) is 12.7. The van der Waals surface area contributed by atoms with Crippen LogP contribution in [0, 0.1) is 0 Å². The molecule has 0 unspecified atom stereocenters. The van der Waals surface area contributed by atoms with Crippen molar-refractivity contribution in [2.45, 2.75) is 6.04 Å². The Kier molecular flexibility index (Phi) is 3.66. The molecule has 0 spiro atoms. The van der Waals surface area contributed by atoms with Crippen molar-refractivity contribution in [3.8, 4) is 0 Å². The molecule has 2 heterocycles. The molecule has 1 aliphatic rings. The number of nitrogens with zero attached hydrogens (tertiary/aromatic N) is 2. The molecule has 1 saturated heterocycles. The Morgan fingerprint density at radius 1 is 1.47 bits per heavy atom. The molecule has 1 aliphatic heterocycles. The molecular weight excluding hydrogens is 190 g/mol. The van der Waals surface area contributed by atoms with Crippen LogP contribution in [0.1, 0.15) is 11.6 Å². The Bertz CT molecular complexity index is 285. The van der Waals surface area contributed by atoms with E-state index in [1.807, 2.05) is 18.3 Å². The summed E-state index contributed by atoms with van der Waals surface area (Å²) in [6.45, 7) is 4.12. The third-order valence-electron chi connectivity index (χ3n) is 2.83. The second-order valence-corrected chi connectivity index (χ2v) is 3.77. The molecule has 2 rings (SSSR count). The van der Waals surface area contributed by atoms with Gasteiger partial charge >= 0.3 is 0 Å². The third-order valence-corrected chi connectivity index (χ3v) is 2.83. The lowest BCUT2D eigenvalue weighted by Crippen LogP contribution is -2.46. The molecule has 0 bridgehead atoms. The van der Waals surface area contributed by atoms with Crippen molar-refractivity contribution in [1.82, 2.24) is 15.2 Å². The highest BCUT2D eigenvalue weighted by molar-refractivity contribution is 5.14. The minimum atomic E-state index is 0.0980. The van der Waals surface area contributed by atoms with E-state index >= 15 is 0 Å². The van der Waals surface area contributed by atoms with Gasteiger partial charge in [0, 0.05) is 38.6 Å². The highest BCUT2D eigenvalue weighted by Gasteiger charge is 2.21. The van der Waals surface area contributed by atoms with Crippen LogP contribution in [0.4, 0.5) is 0 Å². The van der Waals surface area contributed by atoms with Gasteiger partial charge in [-0.3, -0.25) is 9.88 Å². The zero-order valence-electron chi connectivity index (χ0n) is 8.76. The predicted octanol–water partition coefficient (Wildman–Crippen LogP) is 0.0202. The molecule has 1 aromatic rings. The lowest BCUT2D eigenvalue weighted by atomic mass is 10.1. The van der Waals surface area contributed by atoms with E-state index in [1.165, 1.54) is 0 Å². The predicted molar refractivity (Wildman–Crippen MR) is 58.5 cm³/mol. The SMILES string of the molecule is OC[C@@H](c1cccnc1)N1CCNCC1. The molecule has 0 amide bonds. The highest BCUT2D eigenvalue weighted by Crippen LogP contribution is 2.19. The number of piperazine rings is 1. The Hall–Kier alpha value is -0.970. The van der Waals surface area contributed by atoms with E-state index in [2.05, 4.69) is 15.2 Å². The highest BCUT2D eigenvalue weighted by atomic mass is 16.3. The molecule has 1 fully saturated rings. The van der Waals surface area contributed by atoms with Crippen LogP contribution < -0.4 is 5.32 Å². The lowest BCUT2D eigenvalue weighted by molar-refractivity contribution is 0.110. The zero-order chi connectivity index (χ0) is 10.5. The van der Waals surface area contributed by atoms with Gasteiger partial charge in [0.15, 0.2) is 0 Å². The number of aliphatic hydroxyl groups is 1. The van der Waals surface area contributed by atoms with Gasteiger partial charge < -0.3 is 10.4 Å². The van der Waals surface area contributed by atoms with Crippen LogP contribution in [0.2, 0.25) is 0 Å². The van der Waals surface area contributed by atoms with Crippen LogP contribution in [-0.2, 0) is 0 Å². The molecule has 82 valence electrons. The van der Waals surface area contributed by atoms with Crippen molar-refractivity contribution >= 4 is 0 Å². The van der Waals surface area contributed by atoms with Gasteiger partial charge in [-0.2, -0.15) is 0 Å². The summed E-state index contributed by atoms with van der Waals surface area (Å²) >= 11 is 0. The largest absolute Gasteiger partial charge is 0.394 e. The summed E-state index contributed by atoms with van der Waals surface area (Å²) in [4.78, 5) is 6.39. The van der Waals surface area contributed by atoms with Crippen molar-refractivity contribution in [3.63, 3.8) is 0 Å². The quantitative estimate of drug-likeness (QED) is 0.733. The standard InChI is InChI=1S/C11H17N3O/c15-9-11(10-2-1-3-13-8-10)14-6-4-12-5-7-14/h1-3,8,11-12,15H,4-7,9H2/t11-/m0/s1. The van der Waals surface area contributed by atoms with E-state index in [0.29, 0.717) is 0 Å². The number of aliphatic hydroxyl groups excluding tert-OH is 1. The lowest BCUT2D eigenvalue weighted by Gasteiger charge is -2.33. The minimum absolute atomic E-state index is 0.0980. The van der Waals surface area contributed by atoms with Gasteiger partial charge in [0.1, 0.15) is 0 Å². The minimum Gasteiger partial charge on any atom is -0.394 e. The van der Waals surface area contributed by atoms with Crippen molar-refractivity contribution in [2.75, 3.05) is 32.8 Å². The summed E-state index contributed by atoms with van der Waals surface area (Å²) < 4.78 is 0. The van der Waals surface area contributed by atoms with Crippen molar-refractivity contribution in [3.05, 3.63) is 30.1 Å². The van der Waals surface area contributed by atoms with Gasteiger partial charge in [-0.15, -0.1) is 0 Å². The zero-order valence-corrected chi connectivity index (χ0v) is 8.76. The maximum Gasteiger partial charge on any atom is 0.0629 e. The number of rotatable bonds is 3. The fraction of sp³-hybridized carbons (Fsp3) is 0.545. The Morgan fingerprint density at radius 2 is 2.27 bits per heavy atom. The molecule has 1 atom stereocenters. The van der Waals surface area contributed by atoms with Crippen LogP contribution in [0.25, 0.3) is 0 Å². The van der Waals surface area contributed by atoms with E-state index in [4.69, 9.17) is 0 Å². The number of hydrogen-bond donors (Lipinski definition) is 2. The van der Waals surface area contributed by atoms with Crippen molar-refractivity contribution < 1.29 is 5.11 Å². The van der Waals surface area contributed by atoms with E-state index in [0.717, 1.165) is 31.7 Å². The van der Waals surface area contributed by atoms with E-state index < -0.39 is 0 Å². The normalized spacial score (nSPS) is 20.1. The van der Waals surface area contributed by atoms with Crippen molar-refractivity contribution in [1.29, 1.82) is 0 Å². The van der Waals surface area contributed by atoms with E-state index in [9.17, 15) is 5.11 Å². The average Bonchev–Trinajstić information content (AvgIpc) is 2.33. The first-order valence-electron chi connectivity index (χ1n) is 5.37. The maximum absolute atomic E-state index is 9.44. The van der Waals surface area contributed by atoms with Gasteiger partial charge in [-0.1, -0.05) is 6.07 Å². The molecule has 0 aliphatic carbocycles. The summed E-state index contributed by atoms with van der Waals surface area (Å²) in [5.41, 5.74) is 1.10. The second-order valence-electron chi connectivity index (χ2n) is 3.77. The molecular formula is C11H17N3O. The Balaban J connectivity index is 2.09. The van der Waals surface area contributed by atoms with Crippen LogP contribution >= 0.6 is 0 Å². The molecule has 0 aromatic carbocycles. The molecule has 15 heavy (non-hydrogen) atoms. The van der Waals surface area contributed by atoms with Gasteiger partial charge in [0.2, 0.25) is 0 Å². The molecule has 1 aromatic heterocycles. The summed E-state index contributed by atoms with van der Waals surface area (Å²) in [5.74, 6) is 0. The molecule has 0 saturated carbocycles. The topological polar surface area (TPSA) is 48.4 Å². The Labute approximate surface area is 89.9 Å². The number of pyridine rings is 1. The average molecular weight is 207 g/mol. The molecule has 4 heteroatoms. The maximum atomic E-state index is 9.44.